The first-order chi connectivity index (χ1) is 13.5. The Morgan fingerprint density at radius 1 is 1.18 bits per heavy atom. The first-order valence-corrected chi connectivity index (χ1v) is 10.6. The van der Waals surface area contributed by atoms with Crippen LogP contribution in [0.15, 0.2) is 36.4 Å². The van der Waals surface area contributed by atoms with Gasteiger partial charge < -0.3 is 11.1 Å². The molecule has 1 atom stereocenters. The number of anilines is 1. The van der Waals surface area contributed by atoms with Crippen LogP contribution in [0.5, 0.6) is 0 Å². The number of hydrogen-bond acceptors (Lipinski definition) is 4. The number of nitrogens with one attached hydrogen (secondary N) is 1. The average molecular weight is 396 g/mol. The van der Waals surface area contributed by atoms with Gasteiger partial charge in [0.15, 0.2) is 0 Å². The van der Waals surface area contributed by atoms with Crippen molar-refractivity contribution in [3.8, 4) is 0 Å². The Kier molecular flexibility index (Phi) is 5.33. The van der Waals surface area contributed by atoms with Crippen LogP contribution in [0, 0.1) is 0 Å². The molecule has 2 aliphatic rings. The minimum atomic E-state index is -0.448. The molecular weight excluding hydrogens is 370 g/mol. The molecule has 2 amide bonds. The molecular formula is C22H25N3O2S. The molecule has 2 aromatic rings. The maximum absolute atomic E-state index is 12.8. The molecule has 28 heavy (non-hydrogen) atoms. The molecule has 3 N–H and O–H groups in total. The second-order valence-corrected chi connectivity index (χ2v) is 8.54. The van der Waals surface area contributed by atoms with Crippen LogP contribution in [0.2, 0.25) is 0 Å². The number of hydrogen-bond donors (Lipinski definition) is 2. The Morgan fingerprint density at radius 3 is 2.64 bits per heavy atom. The summed E-state index contributed by atoms with van der Waals surface area (Å²) in [6, 6.07) is 10.1. The number of fused-ring (bicyclic) bond motifs is 1. The van der Waals surface area contributed by atoms with Gasteiger partial charge in [-0.1, -0.05) is 36.4 Å². The highest BCUT2D eigenvalue weighted by Crippen LogP contribution is 2.39. The molecule has 0 radical (unpaired) electrons. The van der Waals surface area contributed by atoms with Gasteiger partial charge in [-0.15, -0.1) is 11.3 Å². The lowest BCUT2D eigenvalue weighted by Crippen LogP contribution is -2.44. The molecule has 1 aromatic carbocycles. The molecule has 0 saturated carbocycles. The summed E-state index contributed by atoms with van der Waals surface area (Å²) >= 11 is 1.50. The summed E-state index contributed by atoms with van der Waals surface area (Å²) in [4.78, 5) is 28.1. The maximum Gasteiger partial charge on any atom is 0.251 e. The molecule has 0 fully saturated rings. The van der Waals surface area contributed by atoms with E-state index in [2.05, 4.69) is 28.4 Å². The smallest absolute Gasteiger partial charge is 0.251 e. The Hall–Kier alpha value is -2.44. The lowest BCUT2D eigenvalue weighted by Gasteiger charge is -2.31. The van der Waals surface area contributed by atoms with Crippen molar-refractivity contribution in [2.45, 2.75) is 38.6 Å². The van der Waals surface area contributed by atoms with Crippen molar-refractivity contribution in [1.29, 1.82) is 0 Å². The molecule has 4 rings (SSSR count). The third kappa shape index (κ3) is 3.62. The fourth-order valence-corrected chi connectivity index (χ4v) is 5.38. The van der Waals surface area contributed by atoms with Crippen LogP contribution >= 0.6 is 11.3 Å². The quantitative estimate of drug-likeness (QED) is 0.814. The molecule has 1 aromatic heterocycles. The zero-order chi connectivity index (χ0) is 19.7. The highest BCUT2D eigenvalue weighted by molar-refractivity contribution is 7.17. The Labute approximate surface area is 169 Å². The SMILES string of the molecule is C[C@H](C(=O)Nc1sc2c(c1C(N)=O)CCC2)N1CC=C(c2ccccc2)CC1. The van der Waals surface area contributed by atoms with E-state index in [1.165, 1.54) is 27.4 Å². The predicted octanol–water partition coefficient (Wildman–Crippen LogP) is 3.45. The molecule has 0 unspecified atom stereocenters. The van der Waals surface area contributed by atoms with Gasteiger partial charge in [0, 0.05) is 18.0 Å². The highest BCUT2D eigenvalue weighted by Gasteiger charge is 2.29. The minimum absolute atomic E-state index is 0.0843. The predicted molar refractivity (Wildman–Crippen MR) is 114 cm³/mol. The number of thiophene rings is 1. The zero-order valence-electron chi connectivity index (χ0n) is 16.0. The molecule has 1 aliphatic carbocycles. The number of primary amides is 1. The van der Waals surface area contributed by atoms with Crippen LogP contribution in [0.3, 0.4) is 0 Å². The van der Waals surface area contributed by atoms with Gasteiger partial charge in [0.2, 0.25) is 5.91 Å². The zero-order valence-corrected chi connectivity index (χ0v) is 16.8. The third-order valence-corrected chi connectivity index (χ3v) is 6.92. The molecule has 2 heterocycles. The fourth-order valence-electron chi connectivity index (χ4n) is 4.09. The molecule has 5 nitrogen and oxygen atoms in total. The van der Waals surface area contributed by atoms with Crippen molar-refractivity contribution in [3.63, 3.8) is 0 Å². The van der Waals surface area contributed by atoms with Gasteiger partial charge in [0.1, 0.15) is 5.00 Å². The molecule has 0 saturated heterocycles. The van der Waals surface area contributed by atoms with Gasteiger partial charge in [-0.05, 0) is 49.3 Å². The number of nitrogens with zero attached hydrogens (tertiary/aromatic N) is 1. The number of nitrogens with two attached hydrogens (primary N) is 1. The van der Waals surface area contributed by atoms with Crippen molar-refractivity contribution < 1.29 is 9.59 Å². The van der Waals surface area contributed by atoms with Crippen molar-refractivity contribution in [2.75, 3.05) is 18.4 Å². The van der Waals surface area contributed by atoms with Gasteiger partial charge in [-0.2, -0.15) is 0 Å². The standard InChI is InChI=1S/C22H25N3O2S/c1-14(25-12-10-16(11-13-25)15-6-3-2-4-7-15)21(27)24-22-19(20(23)26)17-8-5-9-18(17)28-22/h2-4,6-7,10,14H,5,8-9,11-13H2,1H3,(H2,23,26)(H,24,27)/t14-/m1/s1. The summed E-state index contributed by atoms with van der Waals surface area (Å²) in [5.41, 5.74) is 9.73. The number of aryl methyl sites for hydroxylation is 1. The second kappa shape index (κ2) is 7.89. The van der Waals surface area contributed by atoms with Crippen molar-refractivity contribution in [3.05, 3.63) is 58.0 Å². The topological polar surface area (TPSA) is 75.4 Å². The number of carbonyl (C=O) groups excluding carboxylic acids is 2. The van der Waals surface area contributed by atoms with E-state index < -0.39 is 5.91 Å². The van der Waals surface area contributed by atoms with Crippen LogP contribution in [0.4, 0.5) is 5.00 Å². The summed E-state index contributed by atoms with van der Waals surface area (Å²) in [6.07, 6.45) is 6.01. The largest absolute Gasteiger partial charge is 0.365 e. The van der Waals surface area contributed by atoms with E-state index in [9.17, 15) is 9.59 Å². The number of benzene rings is 1. The van der Waals surface area contributed by atoms with Crippen LogP contribution < -0.4 is 11.1 Å². The Bertz CT molecular complexity index is 933. The fraction of sp³-hybridized carbons (Fsp3) is 0.364. The van der Waals surface area contributed by atoms with Crippen LogP contribution in [0.25, 0.3) is 5.57 Å². The van der Waals surface area contributed by atoms with Gasteiger partial charge in [0.05, 0.1) is 11.6 Å². The van der Waals surface area contributed by atoms with E-state index in [1.807, 2.05) is 25.1 Å². The highest BCUT2D eigenvalue weighted by atomic mass is 32.1. The van der Waals surface area contributed by atoms with Gasteiger partial charge >= 0.3 is 0 Å². The minimum Gasteiger partial charge on any atom is -0.365 e. The van der Waals surface area contributed by atoms with Gasteiger partial charge in [-0.25, -0.2) is 0 Å². The normalized spacial score (nSPS) is 17.7. The summed E-state index contributed by atoms with van der Waals surface area (Å²) in [6.45, 7) is 3.49. The third-order valence-electron chi connectivity index (χ3n) is 5.72. The van der Waals surface area contributed by atoms with E-state index in [0.29, 0.717) is 10.6 Å². The van der Waals surface area contributed by atoms with E-state index in [4.69, 9.17) is 5.73 Å². The van der Waals surface area contributed by atoms with Crippen molar-refractivity contribution in [1.82, 2.24) is 4.90 Å². The van der Waals surface area contributed by atoms with E-state index >= 15 is 0 Å². The lowest BCUT2D eigenvalue weighted by atomic mass is 9.99. The van der Waals surface area contributed by atoms with E-state index in [-0.39, 0.29) is 11.9 Å². The van der Waals surface area contributed by atoms with Gasteiger partial charge in [0.25, 0.3) is 5.91 Å². The maximum atomic E-state index is 12.8. The number of rotatable bonds is 5. The van der Waals surface area contributed by atoms with Crippen LogP contribution in [-0.4, -0.2) is 35.8 Å². The van der Waals surface area contributed by atoms with E-state index in [1.54, 1.807) is 0 Å². The second-order valence-electron chi connectivity index (χ2n) is 7.43. The lowest BCUT2D eigenvalue weighted by molar-refractivity contribution is -0.120. The number of amides is 2. The molecule has 0 bridgehead atoms. The molecule has 6 heteroatoms. The van der Waals surface area contributed by atoms with E-state index in [0.717, 1.165) is 44.3 Å². The Morgan fingerprint density at radius 2 is 1.96 bits per heavy atom. The van der Waals surface area contributed by atoms with Gasteiger partial charge in [-0.3, -0.25) is 14.5 Å². The average Bonchev–Trinajstić information content (AvgIpc) is 3.28. The number of carbonyl (C=O) groups is 2. The first-order valence-electron chi connectivity index (χ1n) is 9.78. The molecule has 0 spiro atoms. The summed E-state index contributed by atoms with van der Waals surface area (Å²) in [5, 5.41) is 3.59. The molecule has 1 aliphatic heterocycles. The van der Waals surface area contributed by atoms with Crippen molar-refractivity contribution >= 4 is 33.7 Å². The molecule has 146 valence electrons. The summed E-state index contributed by atoms with van der Waals surface area (Å²) in [7, 11) is 0. The summed E-state index contributed by atoms with van der Waals surface area (Å²) in [5.74, 6) is -0.533. The summed E-state index contributed by atoms with van der Waals surface area (Å²) < 4.78 is 0. The monoisotopic (exact) mass is 395 g/mol. The Balaban J connectivity index is 1.44. The van der Waals surface area contributed by atoms with Crippen LogP contribution in [0.1, 0.15) is 46.1 Å². The van der Waals surface area contributed by atoms with Crippen LogP contribution in [-0.2, 0) is 17.6 Å². The first kappa shape index (κ1) is 18.9. The van der Waals surface area contributed by atoms with Crippen molar-refractivity contribution in [2.24, 2.45) is 5.73 Å².